The van der Waals surface area contributed by atoms with Crippen LogP contribution >= 0.6 is 22.7 Å². The lowest BCUT2D eigenvalue weighted by Crippen LogP contribution is -2.15. The van der Waals surface area contributed by atoms with E-state index in [1.807, 2.05) is 6.92 Å². The van der Waals surface area contributed by atoms with E-state index in [0.29, 0.717) is 11.5 Å². The highest BCUT2D eigenvalue weighted by molar-refractivity contribution is 8.41. The maximum Gasteiger partial charge on any atom is 0.211 e. The Morgan fingerprint density at radius 3 is 2.25 bits per heavy atom. The molecule has 2 unspecified atom stereocenters. The van der Waals surface area contributed by atoms with Gasteiger partial charge in [0.15, 0.2) is 10.2 Å². The molecule has 0 saturated heterocycles. The standard InChI is InChI=1S/C15H22O3S2/c1-5-8-13(16)19-10-12(4)11-20(14(17)7-3)15(18)9-6-2/h5-9,12,20H,3,10-11H2,1-2,4H3. The summed E-state index contributed by atoms with van der Waals surface area (Å²) in [4.78, 5) is 35.1. The van der Waals surface area contributed by atoms with Gasteiger partial charge >= 0.3 is 0 Å². The zero-order chi connectivity index (χ0) is 15.5. The third-order valence-electron chi connectivity index (χ3n) is 2.32. The molecule has 112 valence electrons. The van der Waals surface area contributed by atoms with Gasteiger partial charge in [-0.3, -0.25) is 14.4 Å². The Morgan fingerprint density at radius 1 is 1.15 bits per heavy atom. The average molecular weight is 314 g/mol. The van der Waals surface area contributed by atoms with Crippen LogP contribution in [0.2, 0.25) is 0 Å². The van der Waals surface area contributed by atoms with Crippen molar-refractivity contribution in [3.8, 4) is 0 Å². The predicted octanol–water partition coefficient (Wildman–Crippen LogP) is 3.27. The first-order valence-corrected chi connectivity index (χ1v) is 8.87. The molecule has 0 aromatic carbocycles. The Labute approximate surface area is 127 Å². The zero-order valence-electron chi connectivity index (χ0n) is 12.2. The van der Waals surface area contributed by atoms with Crippen LogP contribution in [0.3, 0.4) is 0 Å². The average Bonchev–Trinajstić information content (AvgIpc) is 2.42. The Hall–Kier alpha value is -1.07. The molecule has 0 spiro atoms. The number of carbonyl (C=O) groups is 3. The van der Waals surface area contributed by atoms with Crippen molar-refractivity contribution in [2.24, 2.45) is 5.92 Å². The molecule has 0 aliphatic heterocycles. The molecule has 0 heterocycles. The molecule has 20 heavy (non-hydrogen) atoms. The normalized spacial score (nSPS) is 15.2. The third-order valence-corrected chi connectivity index (χ3v) is 5.86. The van der Waals surface area contributed by atoms with Crippen molar-refractivity contribution in [2.75, 3.05) is 11.5 Å². The maximum atomic E-state index is 11.9. The van der Waals surface area contributed by atoms with Gasteiger partial charge in [0, 0.05) is 5.75 Å². The van der Waals surface area contributed by atoms with Crippen molar-refractivity contribution < 1.29 is 14.4 Å². The van der Waals surface area contributed by atoms with Gasteiger partial charge < -0.3 is 0 Å². The van der Waals surface area contributed by atoms with E-state index in [2.05, 4.69) is 6.58 Å². The van der Waals surface area contributed by atoms with Gasteiger partial charge in [-0.15, -0.1) is 10.9 Å². The van der Waals surface area contributed by atoms with Gasteiger partial charge in [0.2, 0.25) is 5.12 Å². The van der Waals surface area contributed by atoms with Crippen molar-refractivity contribution in [2.45, 2.75) is 20.8 Å². The molecule has 0 radical (unpaired) electrons. The first-order valence-electron chi connectivity index (χ1n) is 6.36. The number of thioether (sulfide) groups is 1. The van der Waals surface area contributed by atoms with Gasteiger partial charge in [-0.1, -0.05) is 37.4 Å². The molecule has 0 aliphatic rings. The van der Waals surface area contributed by atoms with Gasteiger partial charge in [0.05, 0.1) is 0 Å². The van der Waals surface area contributed by atoms with Gasteiger partial charge in [0.25, 0.3) is 0 Å². The summed E-state index contributed by atoms with van der Waals surface area (Å²) in [7, 11) is -1.39. The lowest BCUT2D eigenvalue weighted by Gasteiger charge is -2.19. The lowest BCUT2D eigenvalue weighted by atomic mass is 10.3. The topological polar surface area (TPSA) is 51.2 Å². The summed E-state index contributed by atoms with van der Waals surface area (Å²) in [6.07, 6.45) is 7.52. The van der Waals surface area contributed by atoms with Gasteiger partial charge in [0.1, 0.15) is 0 Å². The van der Waals surface area contributed by atoms with Crippen molar-refractivity contribution in [1.82, 2.24) is 0 Å². The fourth-order valence-corrected chi connectivity index (χ4v) is 4.26. The number of hydrogen-bond acceptors (Lipinski definition) is 4. The molecular weight excluding hydrogens is 292 g/mol. The molecule has 0 fully saturated rings. The van der Waals surface area contributed by atoms with Crippen molar-refractivity contribution in [3.63, 3.8) is 0 Å². The highest BCUT2D eigenvalue weighted by atomic mass is 32.2. The van der Waals surface area contributed by atoms with E-state index in [4.69, 9.17) is 0 Å². The van der Waals surface area contributed by atoms with Crippen LogP contribution in [-0.2, 0) is 14.4 Å². The summed E-state index contributed by atoms with van der Waals surface area (Å²) < 4.78 is 0. The molecule has 0 rings (SSSR count). The number of hydrogen-bond donors (Lipinski definition) is 1. The number of allylic oxidation sites excluding steroid dienone is 2. The van der Waals surface area contributed by atoms with Gasteiger partial charge in [-0.05, 0) is 43.7 Å². The summed E-state index contributed by atoms with van der Waals surface area (Å²) in [5.74, 6) is 1.23. The molecule has 3 nitrogen and oxygen atoms in total. The fourth-order valence-electron chi connectivity index (χ4n) is 1.40. The summed E-state index contributed by atoms with van der Waals surface area (Å²) >= 11 is 1.21. The number of carbonyl (C=O) groups excluding carboxylic acids is 3. The van der Waals surface area contributed by atoms with E-state index in [9.17, 15) is 14.4 Å². The molecular formula is C15H22O3S2. The summed E-state index contributed by atoms with van der Waals surface area (Å²) in [5.41, 5.74) is 0. The first kappa shape index (κ1) is 18.9. The second-order valence-electron chi connectivity index (χ2n) is 4.23. The van der Waals surface area contributed by atoms with Crippen LogP contribution in [0.4, 0.5) is 0 Å². The van der Waals surface area contributed by atoms with E-state index < -0.39 is 10.9 Å². The van der Waals surface area contributed by atoms with E-state index in [1.165, 1.54) is 30.0 Å². The minimum Gasteiger partial charge on any atom is -0.284 e. The van der Waals surface area contributed by atoms with E-state index >= 15 is 0 Å². The van der Waals surface area contributed by atoms with Crippen LogP contribution in [0, 0.1) is 5.92 Å². The van der Waals surface area contributed by atoms with Crippen LogP contribution in [-0.4, -0.2) is 26.9 Å². The van der Waals surface area contributed by atoms with Crippen molar-refractivity contribution in [1.29, 1.82) is 0 Å². The largest absolute Gasteiger partial charge is 0.284 e. The number of rotatable bonds is 7. The lowest BCUT2D eigenvalue weighted by molar-refractivity contribution is -0.109. The molecule has 5 heteroatoms. The highest BCUT2D eigenvalue weighted by Crippen LogP contribution is 2.32. The second kappa shape index (κ2) is 10.7. The molecule has 0 aliphatic carbocycles. The molecule has 0 N–H and O–H groups in total. The highest BCUT2D eigenvalue weighted by Gasteiger charge is 2.20. The molecule has 0 saturated carbocycles. The third kappa shape index (κ3) is 7.50. The smallest absolute Gasteiger partial charge is 0.211 e. The molecule has 0 bridgehead atoms. The van der Waals surface area contributed by atoms with Crippen LogP contribution < -0.4 is 0 Å². The van der Waals surface area contributed by atoms with E-state index in [0.717, 1.165) is 0 Å². The summed E-state index contributed by atoms with van der Waals surface area (Å²) in [6.45, 7) is 8.94. The second-order valence-corrected chi connectivity index (χ2v) is 7.35. The van der Waals surface area contributed by atoms with Crippen LogP contribution in [0.5, 0.6) is 0 Å². The van der Waals surface area contributed by atoms with Crippen LogP contribution in [0.25, 0.3) is 0 Å². The summed E-state index contributed by atoms with van der Waals surface area (Å²) in [5, 5.41) is -0.331. The van der Waals surface area contributed by atoms with Gasteiger partial charge in [-0.2, -0.15) is 0 Å². The quantitative estimate of drug-likeness (QED) is 0.579. The predicted molar refractivity (Wildman–Crippen MR) is 90.3 cm³/mol. The monoisotopic (exact) mass is 314 g/mol. The molecule has 2 atom stereocenters. The minimum atomic E-state index is -1.39. The Bertz CT molecular complexity index is 425. The molecule has 0 amide bonds. The van der Waals surface area contributed by atoms with Crippen LogP contribution in [0.15, 0.2) is 37.0 Å². The maximum absolute atomic E-state index is 11.9. The fraction of sp³-hybridized carbons (Fsp3) is 0.400. The molecule has 0 aromatic rings. The van der Waals surface area contributed by atoms with Gasteiger partial charge in [-0.25, -0.2) is 0 Å². The summed E-state index contributed by atoms with van der Waals surface area (Å²) in [6, 6.07) is 0. The van der Waals surface area contributed by atoms with Crippen molar-refractivity contribution >= 4 is 38.0 Å². The van der Waals surface area contributed by atoms with E-state index in [1.54, 1.807) is 26.0 Å². The Kier molecular flexibility index (Phi) is 10.1. The van der Waals surface area contributed by atoms with Crippen molar-refractivity contribution in [3.05, 3.63) is 37.0 Å². The van der Waals surface area contributed by atoms with Crippen LogP contribution in [0.1, 0.15) is 20.8 Å². The number of thiol groups is 1. The SMILES string of the molecule is C=CC(=O)[SH](CC(C)CSC(=O)C=CC)C(=O)C=CC. The first-order chi connectivity index (χ1) is 9.46. The molecule has 0 aromatic heterocycles. The minimum absolute atomic E-state index is 0.00138. The Morgan fingerprint density at radius 2 is 1.75 bits per heavy atom. The zero-order valence-corrected chi connectivity index (χ0v) is 13.9. The van der Waals surface area contributed by atoms with E-state index in [-0.39, 0.29) is 21.3 Å². The Balaban J connectivity index is 4.57.